The summed E-state index contributed by atoms with van der Waals surface area (Å²) in [4.78, 5) is 12.2. The Hall–Kier alpha value is -1.24. The SMILES string of the molecule is Nc1cc(Cl)c(NCc2ccc(Br)s2)c(C(=O)O)c1. The van der Waals surface area contributed by atoms with E-state index in [2.05, 4.69) is 21.2 Å². The van der Waals surface area contributed by atoms with Gasteiger partial charge >= 0.3 is 5.97 Å². The second kappa shape index (κ2) is 5.81. The Balaban J connectivity index is 2.26. The second-order valence-corrected chi connectivity index (χ2v) is 6.74. The molecular weight excluding hydrogens is 352 g/mol. The number of carboxylic acids is 1. The Labute approximate surface area is 127 Å². The minimum absolute atomic E-state index is 0.0700. The molecule has 1 aromatic carbocycles. The molecule has 2 rings (SSSR count). The number of carboxylic acid groups (broad SMARTS) is 1. The number of anilines is 2. The summed E-state index contributed by atoms with van der Waals surface area (Å²) in [6, 6.07) is 6.80. The summed E-state index contributed by atoms with van der Waals surface area (Å²) in [5.41, 5.74) is 6.38. The Morgan fingerprint density at radius 3 is 2.79 bits per heavy atom. The predicted molar refractivity (Wildman–Crippen MR) is 82.2 cm³/mol. The van der Waals surface area contributed by atoms with Gasteiger partial charge in [0.2, 0.25) is 0 Å². The van der Waals surface area contributed by atoms with Gasteiger partial charge in [-0.15, -0.1) is 11.3 Å². The van der Waals surface area contributed by atoms with Crippen molar-refractivity contribution in [2.24, 2.45) is 0 Å². The van der Waals surface area contributed by atoms with Crippen LogP contribution in [-0.2, 0) is 6.54 Å². The van der Waals surface area contributed by atoms with Gasteiger partial charge in [-0.2, -0.15) is 0 Å². The summed E-state index contributed by atoms with van der Waals surface area (Å²) in [7, 11) is 0. The van der Waals surface area contributed by atoms with E-state index in [1.807, 2.05) is 12.1 Å². The Bertz CT molecular complexity index is 630. The van der Waals surface area contributed by atoms with Gasteiger partial charge in [0.1, 0.15) is 0 Å². The van der Waals surface area contributed by atoms with Gasteiger partial charge < -0.3 is 16.2 Å². The molecule has 0 aliphatic carbocycles. The molecule has 1 aromatic heterocycles. The fourth-order valence-electron chi connectivity index (χ4n) is 1.60. The highest BCUT2D eigenvalue weighted by Gasteiger charge is 2.14. The number of carbonyl (C=O) groups is 1. The first kappa shape index (κ1) is 14.2. The molecule has 0 fully saturated rings. The fourth-order valence-corrected chi connectivity index (χ4v) is 3.32. The zero-order valence-electron chi connectivity index (χ0n) is 9.61. The van der Waals surface area contributed by atoms with Crippen LogP contribution >= 0.6 is 38.9 Å². The van der Waals surface area contributed by atoms with Crippen molar-refractivity contribution in [2.75, 3.05) is 11.1 Å². The number of benzene rings is 1. The molecule has 7 heteroatoms. The van der Waals surface area contributed by atoms with Gasteiger partial charge in [0.15, 0.2) is 0 Å². The van der Waals surface area contributed by atoms with Crippen molar-refractivity contribution in [2.45, 2.75) is 6.54 Å². The zero-order chi connectivity index (χ0) is 14.0. The first-order chi connectivity index (χ1) is 8.97. The lowest BCUT2D eigenvalue weighted by molar-refractivity contribution is 0.0698. The number of aromatic carboxylic acids is 1. The fraction of sp³-hybridized carbons (Fsp3) is 0.0833. The molecular formula is C12H10BrClN2O2S. The van der Waals surface area contributed by atoms with E-state index in [0.717, 1.165) is 8.66 Å². The lowest BCUT2D eigenvalue weighted by atomic mass is 10.1. The summed E-state index contributed by atoms with van der Waals surface area (Å²) in [5, 5.41) is 12.5. The Kier molecular flexibility index (Phi) is 4.34. The van der Waals surface area contributed by atoms with Gasteiger partial charge in [0.05, 0.1) is 20.1 Å². The third kappa shape index (κ3) is 3.40. The van der Waals surface area contributed by atoms with Crippen LogP contribution in [0.2, 0.25) is 5.02 Å². The van der Waals surface area contributed by atoms with Crippen LogP contribution in [0.4, 0.5) is 11.4 Å². The van der Waals surface area contributed by atoms with E-state index in [1.165, 1.54) is 12.1 Å². The third-order valence-electron chi connectivity index (χ3n) is 2.41. The second-order valence-electron chi connectivity index (χ2n) is 3.79. The standard InChI is InChI=1S/C12H10BrClN2O2S/c13-10-2-1-7(19-10)5-16-11-8(12(17)18)3-6(15)4-9(11)14/h1-4,16H,5,15H2,(H,17,18). The molecule has 0 unspecified atom stereocenters. The number of nitrogens with one attached hydrogen (secondary N) is 1. The van der Waals surface area contributed by atoms with E-state index < -0.39 is 5.97 Å². The summed E-state index contributed by atoms with van der Waals surface area (Å²) < 4.78 is 1.02. The molecule has 2 aromatic rings. The van der Waals surface area contributed by atoms with Crippen molar-refractivity contribution >= 4 is 56.2 Å². The van der Waals surface area contributed by atoms with Gasteiger partial charge in [-0.3, -0.25) is 0 Å². The molecule has 4 N–H and O–H groups in total. The Morgan fingerprint density at radius 1 is 1.47 bits per heavy atom. The van der Waals surface area contributed by atoms with Crippen LogP contribution in [0.15, 0.2) is 28.1 Å². The molecule has 0 atom stereocenters. The highest BCUT2D eigenvalue weighted by molar-refractivity contribution is 9.11. The summed E-state index contributed by atoms with van der Waals surface area (Å²) >= 11 is 11.0. The van der Waals surface area contributed by atoms with Crippen LogP contribution < -0.4 is 11.1 Å². The molecule has 0 amide bonds. The third-order valence-corrected chi connectivity index (χ3v) is 4.33. The van der Waals surface area contributed by atoms with Gasteiger partial charge in [0, 0.05) is 17.1 Å². The zero-order valence-corrected chi connectivity index (χ0v) is 12.8. The summed E-state index contributed by atoms with van der Waals surface area (Å²) in [5.74, 6) is -1.07. The van der Waals surface area contributed by atoms with Gasteiger partial charge in [-0.05, 0) is 40.2 Å². The maximum Gasteiger partial charge on any atom is 0.337 e. The largest absolute Gasteiger partial charge is 0.478 e. The van der Waals surface area contributed by atoms with Gasteiger partial charge in [-0.1, -0.05) is 11.6 Å². The van der Waals surface area contributed by atoms with Crippen LogP contribution in [0.5, 0.6) is 0 Å². The van der Waals surface area contributed by atoms with Crippen LogP contribution in [0.25, 0.3) is 0 Å². The van der Waals surface area contributed by atoms with Crippen molar-refractivity contribution in [3.05, 3.63) is 43.5 Å². The molecule has 0 aliphatic heterocycles. The molecule has 0 bridgehead atoms. The van der Waals surface area contributed by atoms with E-state index in [-0.39, 0.29) is 5.56 Å². The van der Waals surface area contributed by atoms with Gasteiger partial charge in [-0.25, -0.2) is 4.79 Å². The molecule has 0 spiro atoms. The van der Waals surface area contributed by atoms with Crippen LogP contribution in [0.1, 0.15) is 15.2 Å². The summed E-state index contributed by atoms with van der Waals surface area (Å²) in [6.45, 7) is 0.500. The smallest absolute Gasteiger partial charge is 0.337 e. The van der Waals surface area contributed by atoms with Gasteiger partial charge in [0.25, 0.3) is 0 Å². The van der Waals surface area contributed by atoms with E-state index in [9.17, 15) is 4.79 Å². The van der Waals surface area contributed by atoms with Crippen LogP contribution in [-0.4, -0.2) is 11.1 Å². The molecule has 0 radical (unpaired) electrons. The van der Waals surface area contributed by atoms with Crippen molar-refractivity contribution in [1.82, 2.24) is 0 Å². The van der Waals surface area contributed by atoms with E-state index in [0.29, 0.717) is 22.9 Å². The Morgan fingerprint density at radius 2 is 2.21 bits per heavy atom. The number of hydrogen-bond acceptors (Lipinski definition) is 4. The quantitative estimate of drug-likeness (QED) is 0.718. The van der Waals surface area contributed by atoms with Crippen molar-refractivity contribution < 1.29 is 9.90 Å². The van der Waals surface area contributed by atoms with E-state index >= 15 is 0 Å². The minimum Gasteiger partial charge on any atom is -0.478 e. The highest BCUT2D eigenvalue weighted by atomic mass is 79.9. The normalized spacial score (nSPS) is 10.4. The van der Waals surface area contributed by atoms with Crippen molar-refractivity contribution in [1.29, 1.82) is 0 Å². The molecule has 100 valence electrons. The minimum atomic E-state index is -1.07. The van der Waals surface area contributed by atoms with Crippen LogP contribution in [0, 0.1) is 0 Å². The summed E-state index contributed by atoms with van der Waals surface area (Å²) in [6.07, 6.45) is 0. The van der Waals surface area contributed by atoms with E-state index in [4.69, 9.17) is 22.4 Å². The molecule has 0 saturated carbocycles. The van der Waals surface area contributed by atoms with Crippen LogP contribution in [0.3, 0.4) is 0 Å². The van der Waals surface area contributed by atoms with Crippen molar-refractivity contribution in [3.8, 4) is 0 Å². The average Bonchev–Trinajstić information content (AvgIpc) is 2.73. The number of nitrogens with two attached hydrogens (primary N) is 1. The maximum absolute atomic E-state index is 11.2. The first-order valence-electron chi connectivity index (χ1n) is 5.28. The molecule has 0 aliphatic rings. The van der Waals surface area contributed by atoms with Crippen molar-refractivity contribution in [3.63, 3.8) is 0 Å². The lowest BCUT2D eigenvalue weighted by Crippen LogP contribution is -2.07. The number of nitrogen functional groups attached to an aromatic ring is 1. The molecule has 19 heavy (non-hydrogen) atoms. The number of halogens is 2. The predicted octanol–water partition coefficient (Wildman–Crippen LogP) is 4.06. The maximum atomic E-state index is 11.2. The topological polar surface area (TPSA) is 75.3 Å². The average molecular weight is 362 g/mol. The molecule has 1 heterocycles. The lowest BCUT2D eigenvalue weighted by Gasteiger charge is -2.11. The highest BCUT2D eigenvalue weighted by Crippen LogP contribution is 2.30. The first-order valence-corrected chi connectivity index (χ1v) is 7.26. The molecule has 0 saturated heterocycles. The number of rotatable bonds is 4. The number of thiophene rings is 1. The number of hydrogen-bond donors (Lipinski definition) is 3. The van der Waals surface area contributed by atoms with E-state index in [1.54, 1.807) is 11.3 Å². The monoisotopic (exact) mass is 360 g/mol. The molecule has 4 nitrogen and oxygen atoms in total.